The number of nitrogens with one attached hydrogen (secondary N) is 1. The first-order valence-corrected chi connectivity index (χ1v) is 7.25. The van der Waals surface area contributed by atoms with Gasteiger partial charge in [0.05, 0.1) is 7.11 Å². The first-order chi connectivity index (χ1) is 9.88. The summed E-state index contributed by atoms with van der Waals surface area (Å²) in [5.74, 6) is 1.10. The molecule has 0 saturated heterocycles. The second-order valence-electron chi connectivity index (χ2n) is 5.19. The van der Waals surface area contributed by atoms with Gasteiger partial charge in [0.2, 0.25) is 0 Å². The molecule has 1 unspecified atom stereocenters. The van der Waals surface area contributed by atoms with Crippen molar-refractivity contribution in [1.82, 2.24) is 5.32 Å². The molecule has 5 nitrogen and oxygen atoms in total. The van der Waals surface area contributed by atoms with Crippen molar-refractivity contribution >= 4 is 17.5 Å². The van der Waals surface area contributed by atoms with Crippen LogP contribution >= 0.6 is 11.6 Å². The minimum Gasteiger partial charge on any atom is -0.493 e. The van der Waals surface area contributed by atoms with Crippen molar-refractivity contribution < 1.29 is 14.3 Å². The second-order valence-corrected chi connectivity index (χ2v) is 5.63. The Kier molecular flexibility index (Phi) is 6.78. The molecule has 0 aliphatic carbocycles. The molecule has 1 amide bonds. The molecule has 0 aliphatic heterocycles. The number of rotatable bonds is 7. The monoisotopic (exact) mass is 314 g/mol. The lowest BCUT2D eigenvalue weighted by atomic mass is 10.1. The zero-order valence-electron chi connectivity index (χ0n) is 12.9. The molecule has 0 aromatic heterocycles. The number of hydrogen-bond donors (Lipinski definition) is 2. The van der Waals surface area contributed by atoms with Crippen LogP contribution in [0.3, 0.4) is 0 Å². The largest absolute Gasteiger partial charge is 0.493 e. The van der Waals surface area contributed by atoms with E-state index in [1.807, 2.05) is 20.8 Å². The van der Waals surface area contributed by atoms with Gasteiger partial charge in [-0.2, -0.15) is 0 Å². The van der Waals surface area contributed by atoms with Crippen molar-refractivity contribution in [2.75, 3.05) is 13.7 Å². The van der Waals surface area contributed by atoms with E-state index in [2.05, 4.69) is 5.32 Å². The first-order valence-electron chi connectivity index (χ1n) is 6.87. The molecule has 1 aromatic rings. The van der Waals surface area contributed by atoms with E-state index < -0.39 is 0 Å². The Morgan fingerprint density at radius 1 is 1.38 bits per heavy atom. The molecule has 3 N–H and O–H groups in total. The molecule has 1 aromatic carbocycles. The fraction of sp³-hybridized carbons (Fsp3) is 0.533. The Balaban J connectivity index is 2.77. The number of halogens is 1. The molecule has 0 radical (unpaired) electrons. The van der Waals surface area contributed by atoms with Crippen LogP contribution in [-0.4, -0.2) is 25.7 Å². The summed E-state index contributed by atoms with van der Waals surface area (Å²) in [6.45, 7) is 6.19. The fourth-order valence-electron chi connectivity index (χ4n) is 1.69. The molecule has 0 saturated carbocycles. The van der Waals surface area contributed by atoms with E-state index in [0.29, 0.717) is 28.0 Å². The first kappa shape index (κ1) is 17.6. The molecule has 0 aliphatic rings. The van der Waals surface area contributed by atoms with Gasteiger partial charge in [0.15, 0.2) is 18.1 Å². The molecule has 6 heteroatoms. The van der Waals surface area contributed by atoms with Crippen LogP contribution in [-0.2, 0) is 11.3 Å². The second kappa shape index (κ2) is 8.10. The predicted molar refractivity (Wildman–Crippen MR) is 83.8 cm³/mol. The lowest BCUT2D eigenvalue weighted by molar-refractivity contribution is -0.124. The van der Waals surface area contributed by atoms with E-state index in [1.165, 1.54) is 7.11 Å². The number of carbonyl (C=O) groups is 1. The molecular weight excluding hydrogens is 292 g/mol. The molecule has 0 bridgehead atoms. The summed E-state index contributed by atoms with van der Waals surface area (Å²) in [5, 5.41) is 3.39. The van der Waals surface area contributed by atoms with E-state index >= 15 is 0 Å². The highest BCUT2D eigenvalue weighted by Crippen LogP contribution is 2.34. The molecular formula is C15H23ClN2O3. The minimum atomic E-state index is -0.184. The Labute approximate surface area is 130 Å². The molecule has 0 heterocycles. The van der Waals surface area contributed by atoms with Crippen molar-refractivity contribution in [3.63, 3.8) is 0 Å². The molecule has 0 fully saturated rings. The van der Waals surface area contributed by atoms with E-state index in [-0.39, 0.29) is 25.1 Å². The van der Waals surface area contributed by atoms with Gasteiger partial charge in [-0.25, -0.2) is 0 Å². The van der Waals surface area contributed by atoms with E-state index in [1.54, 1.807) is 12.1 Å². The Morgan fingerprint density at radius 2 is 2.05 bits per heavy atom. The van der Waals surface area contributed by atoms with E-state index in [4.69, 9.17) is 26.8 Å². The number of hydrogen-bond acceptors (Lipinski definition) is 4. The zero-order valence-corrected chi connectivity index (χ0v) is 13.7. The van der Waals surface area contributed by atoms with Crippen LogP contribution < -0.4 is 20.5 Å². The van der Waals surface area contributed by atoms with Gasteiger partial charge in [0.1, 0.15) is 0 Å². The summed E-state index contributed by atoms with van der Waals surface area (Å²) in [6, 6.07) is 3.42. The number of nitrogens with two attached hydrogens (primary N) is 1. The molecule has 1 rings (SSSR count). The zero-order chi connectivity index (χ0) is 16.0. The van der Waals surface area contributed by atoms with Crippen molar-refractivity contribution in [2.24, 2.45) is 11.7 Å². The summed E-state index contributed by atoms with van der Waals surface area (Å²) < 4.78 is 10.8. The van der Waals surface area contributed by atoms with Gasteiger partial charge in [-0.3, -0.25) is 4.79 Å². The Hall–Kier alpha value is -1.46. The summed E-state index contributed by atoms with van der Waals surface area (Å²) >= 11 is 5.98. The highest BCUT2D eigenvalue weighted by molar-refractivity contribution is 6.30. The smallest absolute Gasteiger partial charge is 0.258 e. The quantitative estimate of drug-likeness (QED) is 0.810. The normalized spacial score (nSPS) is 12.1. The summed E-state index contributed by atoms with van der Waals surface area (Å²) in [4.78, 5) is 11.9. The minimum absolute atomic E-state index is 0.0854. The molecule has 118 valence electrons. The maximum absolute atomic E-state index is 11.9. The van der Waals surface area contributed by atoms with Crippen LogP contribution in [0.4, 0.5) is 0 Å². The highest BCUT2D eigenvalue weighted by Gasteiger charge is 2.15. The van der Waals surface area contributed by atoms with Gasteiger partial charge in [-0.1, -0.05) is 25.4 Å². The average Bonchev–Trinajstić information content (AvgIpc) is 2.44. The molecule has 21 heavy (non-hydrogen) atoms. The van der Waals surface area contributed by atoms with Crippen LogP contribution in [0.1, 0.15) is 26.3 Å². The fourth-order valence-corrected chi connectivity index (χ4v) is 1.92. The molecule has 1 atom stereocenters. The van der Waals surface area contributed by atoms with Crippen molar-refractivity contribution in [3.8, 4) is 11.5 Å². The third-order valence-electron chi connectivity index (χ3n) is 3.27. The SMILES string of the molecule is COc1cc(Cl)cc(CN)c1OCC(=O)NC(C)C(C)C. The third kappa shape index (κ3) is 5.10. The topological polar surface area (TPSA) is 73.6 Å². The lowest BCUT2D eigenvalue weighted by Gasteiger charge is -2.19. The lowest BCUT2D eigenvalue weighted by Crippen LogP contribution is -2.39. The predicted octanol–water partition coefficient (Wildman–Crippen LogP) is 2.35. The van der Waals surface area contributed by atoms with E-state index in [0.717, 1.165) is 0 Å². The number of ether oxygens (including phenoxy) is 2. The average molecular weight is 315 g/mol. The van der Waals surface area contributed by atoms with Crippen LogP contribution in [0.2, 0.25) is 5.02 Å². The van der Waals surface area contributed by atoms with Crippen molar-refractivity contribution in [1.29, 1.82) is 0 Å². The van der Waals surface area contributed by atoms with Gasteiger partial charge in [-0.15, -0.1) is 0 Å². The maximum atomic E-state index is 11.9. The van der Waals surface area contributed by atoms with Crippen molar-refractivity contribution in [3.05, 3.63) is 22.7 Å². The van der Waals surface area contributed by atoms with Crippen LogP contribution in [0.15, 0.2) is 12.1 Å². The van der Waals surface area contributed by atoms with E-state index in [9.17, 15) is 4.79 Å². The summed E-state index contributed by atoms with van der Waals surface area (Å²) in [6.07, 6.45) is 0. The summed E-state index contributed by atoms with van der Waals surface area (Å²) in [7, 11) is 1.51. The standard InChI is InChI=1S/C15H23ClN2O3/c1-9(2)10(3)18-14(19)8-21-15-11(7-17)5-12(16)6-13(15)20-4/h5-6,9-10H,7-8,17H2,1-4H3,(H,18,19). The Bertz CT molecular complexity index is 467. The number of benzene rings is 1. The number of carbonyl (C=O) groups excluding carboxylic acids is 1. The third-order valence-corrected chi connectivity index (χ3v) is 3.49. The van der Waals surface area contributed by atoms with Crippen LogP contribution in [0.25, 0.3) is 0 Å². The summed E-state index contributed by atoms with van der Waals surface area (Å²) in [5.41, 5.74) is 6.37. The Morgan fingerprint density at radius 3 is 2.57 bits per heavy atom. The van der Waals surface area contributed by atoms with Crippen molar-refractivity contribution in [2.45, 2.75) is 33.4 Å². The van der Waals surface area contributed by atoms with Gasteiger partial charge in [0.25, 0.3) is 5.91 Å². The molecule has 0 spiro atoms. The van der Waals surface area contributed by atoms with Gasteiger partial charge < -0.3 is 20.5 Å². The highest BCUT2D eigenvalue weighted by atomic mass is 35.5. The number of methoxy groups -OCH3 is 1. The maximum Gasteiger partial charge on any atom is 0.258 e. The van der Waals surface area contributed by atoms with Crippen LogP contribution in [0.5, 0.6) is 11.5 Å². The van der Waals surface area contributed by atoms with Gasteiger partial charge in [0, 0.05) is 29.2 Å². The van der Waals surface area contributed by atoms with Crippen LogP contribution in [0, 0.1) is 5.92 Å². The number of amides is 1. The van der Waals surface area contributed by atoms with Gasteiger partial charge >= 0.3 is 0 Å². The van der Waals surface area contributed by atoms with Gasteiger partial charge in [-0.05, 0) is 18.9 Å².